The molecule has 2 amide bonds. The molecular formula is C14H20N2O3. The molecule has 1 N–H and O–H groups in total. The average Bonchev–Trinajstić information content (AvgIpc) is 2.34. The van der Waals surface area contributed by atoms with Crippen LogP contribution in [0.15, 0.2) is 18.2 Å². The summed E-state index contributed by atoms with van der Waals surface area (Å²) in [5.74, 6) is -0.440. The number of urea groups is 1. The van der Waals surface area contributed by atoms with E-state index in [4.69, 9.17) is 4.74 Å². The molecule has 104 valence electrons. The van der Waals surface area contributed by atoms with E-state index in [1.165, 1.54) is 4.90 Å². The highest BCUT2D eigenvalue weighted by Gasteiger charge is 2.12. The van der Waals surface area contributed by atoms with Crippen LogP contribution in [0, 0.1) is 13.8 Å². The molecule has 5 heteroatoms. The third-order valence-corrected chi connectivity index (χ3v) is 2.59. The van der Waals surface area contributed by atoms with Crippen molar-refractivity contribution < 1.29 is 14.3 Å². The van der Waals surface area contributed by atoms with Crippen molar-refractivity contribution in [2.45, 2.75) is 20.8 Å². The summed E-state index contributed by atoms with van der Waals surface area (Å²) < 4.78 is 4.74. The van der Waals surface area contributed by atoms with Gasteiger partial charge in [0.15, 0.2) is 0 Å². The molecule has 0 saturated carbocycles. The lowest BCUT2D eigenvalue weighted by molar-refractivity contribution is -0.141. The molecule has 0 saturated heterocycles. The first-order chi connectivity index (χ1) is 8.93. The second kappa shape index (κ2) is 6.78. The van der Waals surface area contributed by atoms with E-state index in [2.05, 4.69) is 5.32 Å². The van der Waals surface area contributed by atoms with Gasteiger partial charge in [-0.05, 0) is 44.0 Å². The number of amides is 2. The average molecular weight is 264 g/mol. The van der Waals surface area contributed by atoms with Crippen LogP contribution >= 0.6 is 0 Å². The van der Waals surface area contributed by atoms with Gasteiger partial charge in [-0.3, -0.25) is 9.69 Å². The van der Waals surface area contributed by atoms with Crippen LogP contribution in [0.4, 0.5) is 10.5 Å². The molecule has 1 rings (SSSR count). The van der Waals surface area contributed by atoms with Crippen molar-refractivity contribution in [3.63, 3.8) is 0 Å². The molecule has 1 aromatic carbocycles. The van der Waals surface area contributed by atoms with Crippen molar-refractivity contribution >= 4 is 17.7 Å². The van der Waals surface area contributed by atoms with Crippen molar-refractivity contribution in [1.82, 2.24) is 5.32 Å². The zero-order chi connectivity index (χ0) is 14.4. The fraction of sp³-hybridized carbons (Fsp3) is 0.429. The number of esters is 1. The number of ether oxygens (including phenoxy) is 1. The van der Waals surface area contributed by atoms with Crippen LogP contribution < -0.4 is 10.2 Å². The minimum absolute atomic E-state index is 0.123. The van der Waals surface area contributed by atoms with E-state index in [0.29, 0.717) is 6.61 Å². The van der Waals surface area contributed by atoms with Gasteiger partial charge in [-0.15, -0.1) is 0 Å². The summed E-state index contributed by atoms with van der Waals surface area (Å²) in [5, 5.41) is 2.52. The van der Waals surface area contributed by atoms with Crippen LogP contribution in [0.5, 0.6) is 0 Å². The van der Waals surface area contributed by atoms with Gasteiger partial charge in [-0.1, -0.05) is 6.07 Å². The Balaban J connectivity index is 2.63. The summed E-state index contributed by atoms with van der Waals surface area (Å²) in [7, 11) is 1.66. The van der Waals surface area contributed by atoms with Gasteiger partial charge in [-0.25, -0.2) is 4.79 Å². The van der Waals surface area contributed by atoms with Crippen LogP contribution in [0.3, 0.4) is 0 Å². The third-order valence-electron chi connectivity index (χ3n) is 2.59. The molecule has 0 bridgehead atoms. The Morgan fingerprint density at radius 3 is 2.32 bits per heavy atom. The minimum atomic E-state index is -0.440. The number of aryl methyl sites for hydroxylation is 2. The predicted octanol–water partition coefficient (Wildman–Crippen LogP) is 2.01. The number of carbonyl (C=O) groups is 2. The van der Waals surface area contributed by atoms with Gasteiger partial charge in [0.2, 0.25) is 0 Å². The highest BCUT2D eigenvalue weighted by atomic mass is 16.5. The van der Waals surface area contributed by atoms with Gasteiger partial charge in [-0.2, -0.15) is 0 Å². The maximum absolute atomic E-state index is 11.9. The quantitative estimate of drug-likeness (QED) is 0.846. The highest BCUT2D eigenvalue weighted by molar-refractivity contribution is 5.93. The van der Waals surface area contributed by atoms with Crippen LogP contribution in [-0.2, 0) is 9.53 Å². The maximum Gasteiger partial charge on any atom is 0.325 e. The summed E-state index contributed by atoms with van der Waals surface area (Å²) >= 11 is 0. The molecule has 0 heterocycles. The molecule has 5 nitrogen and oxygen atoms in total. The number of carbonyl (C=O) groups excluding carboxylic acids is 2. The van der Waals surface area contributed by atoms with Gasteiger partial charge >= 0.3 is 12.0 Å². The van der Waals surface area contributed by atoms with Gasteiger partial charge < -0.3 is 10.1 Å². The number of benzene rings is 1. The van der Waals surface area contributed by atoms with E-state index in [-0.39, 0.29) is 12.6 Å². The SMILES string of the molecule is CCOC(=O)CNC(=O)N(C)c1cc(C)cc(C)c1. The first kappa shape index (κ1) is 15.0. The van der Waals surface area contributed by atoms with Crippen LogP contribution in [0.1, 0.15) is 18.1 Å². The lowest BCUT2D eigenvalue weighted by atomic mass is 10.1. The summed E-state index contributed by atoms with van der Waals surface area (Å²) in [6, 6.07) is 5.53. The molecule has 0 aliphatic rings. The standard InChI is InChI=1S/C14H20N2O3/c1-5-19-13(17)9-15-14(18)16(4)12-7-10(2)6-11(3)8-12/h6-8H,5,9H2,1-4H3,(H,15,18). The van der Waals surface area contributed by atoms with E-state index < -0.39 is 5.97 Å². The smallest absolute Gasteiger partial charge is 0.325 e. The van der Waals surface area contributed by atoms with E-state index in [0.717, 1.165) is 16.8 Å². The Labute approximate surface area is 113 Å². The number of hydrogen-bond acceptors (Lipinski definition) is 3. The van der Waals surface area contributed by atoms with E-state index in [1.807, 2.05) is 32.0 Å². The Morgan fingerprint density at radius 1 is 1.21 bits per heavy atom. The predicted molar refractivity (Wildman–Crippen MR) is 74.4 cm³/mol. The number of nitrogens with one attached hydrogen (secondary N) is 1. The van der Waals surface area contributed by atoms with Crippen LogP contribution in [-0.4, -0.2) is 32.2 Å². The van der Waals surface area contributed by atoms with Crippen LogP contribution in [0.25, 0.3) is 0 Å². The van der Waals surface area contributed by atoms with Crippen molar-refractivity contribution in [2.75, 3.05) is 25.1 Å². The number of hydrogen-bond donors (Lipinski definition) is 1. The Bertz CT molecular complexity index is 452. The van der Waals surface area contributed by atoms with Crippen molar-refractivity contribution in [2.24, 2.45) is 0 Å². The maximum atomic E-state index is 11.9. The van der Waals surface area contributed by atoms with Crippen LogP contribution in [0.2, 0.25) is 0 Å². The van der Waals surface area contributed by atoms with Gasteiger partial charge in [0.25, 0.3) is 0 Å². The topological polar surface area (TPSA) is 58.6 Å². The Morgan fingerprint density at radius 2 is 1.79 bits per heavy atom. The van der Waals surface area contributed by atoms with E-state index in [9.17, 15) is 9.59 Å². The molecule has 0 radical (unpaired) electrons. The van der Waals surface area contributed by atoms with E-state index in [1.54, 1.807) is 14.0 Å². The van der Waals surface area contributed by atoms with Gasteiger partial charge in [0.05, 0.1) is 6.61 Å². The number of rotatable bonds is 4. The first-order valence-electron chi connectivity index (χ1n) is 6.19. The first-order valence-corrected chi connectivity index (χ1v) is 6.19. The lowest BCUT2D eigenvalue weighted by Crippen LogP contribution is -2.40. The zero-order valence-electron chi connectivity index (χ0n) is 11.8. The summed E-state index contributed by atoms with van der Waals surface area (Å²) in [5.41, 5.74) is 2.96. The fourth-order valence-electron chi connectivity index (χ4n) is 1.74. The number of nitrogens with zero attached hydrogens (tertiary/aromatic N) is 1. The minimum Gasteiger partial charge on any atom is -0.465 e. The Kier molecular flexibility index (Phi) is 5.36. The molecule has 19 heavy (non-hydrogen) atoms. The molecule has 0 fully saturated rings. The summed E-state index contributed by atoms with van der Waals surface area (Å²) in [6.07, 6.45) is 0. The molecule has 0 aliphatic carbocycles. The molecule has 0 spiro atoms. The summed E-state index contributed by atoms with van der Waals surface area (Å²) in [4.78, 5) is 24.5. The molecular weight excluding hydrogens is 244 g/mol. The third kappa shape index (κ3) is 4.62. The monoisotopic (exact) mass is 264 g/mol. The second-order valence-electron chi connectivity index (χ2n) is 4.37. The lowest BCUT2D eigenvalue weighted by Gasteiger charge is -2.19. The number of anilines is 1. The fourth-order valence-corrected chi connectivity index (χ4v) is 1.74. The molecule has 0 aliphatic heterocycles. The summed E-state index contributed by atoms with van der Waals surface area (Å²) in [6.45, 7) is 5.85. The normalized spacial score (nSPS) is 9.89. The van der Waals surface area contributed by atoms with E-state index >= 15 is 0 Å². The van der Waals surface area contributed by atoms with Crippen molar-refractivity contribution in [3.05, 3.63) is 29.3 Å². The Hall–Kier alpha value is -2.04. The van der Waals surface area contributed by atoms with Crippen molar-refractivity contribution in [1.29, 1.82) is 0 Å². The molecule has 0 aromatic heterocycles. The highest BCUT2D eigenvalue weighted by Crippen LogP contribution is 2.17. The largest absolute Gasteiger partial charge is 0.465 e. The molecule has 0 unspecified atom stereocenters. The second-order valence-corrected chi connectivity index (χ2v) is 4.37. The van der Waals surface area contributed by atoms with Crippen molar-refractivity contribution in [3.8, 4) is 0 Å². The van der Waals surface area contributed by atoms with Gasteiger partial charge in [0.1, 0.15) is 6.54 Å². The molecule has 0 atom stereocenters. The zero-order valence-corrected chi connectivity index (χ0v) is 11.8. The molecule has 1 aromatic rings. The van der Waals surface area contributed by atoms with Gasteiger partial charge in [0, 0.05) is 12.7 Å².